The Labute approximate surface area is 276 Å². The molecule has 4 rings (SSSR count). The fraction of sp³-hybridized carbons (Fsp3) is 0.909. The van der Waals surface area contributed by atoms with Gasteiger partial charge in [0, 0.05) is 35.3 Å². The van der Waals surface area contributed by atoms with Gasteiger partial charge in [-0.15, -0.1) is 0 Å². The maximum absolute atomic E-state index is 13.0. The number of hydrogen-bond acceptors (Lipinski definition) is 10. The minimum atomic E-state index is -1.07. The summed E-state index contributed by atoms with van der Waals surface area (Å²) in [6.45, 7) is 5.68. The van der Waals surface area contributed by atoms with Crippen molar-refractivity contribution in [2.75, 3.05) is 19.8 Å². The van der Waals surface area contributed by atoms with E-state index in [2.05, 4.69) is 24.6 Å². The Kier molecular flexibility index (Phi) is 13.8. The highest BCUT2D eigenvalue weighted by Gasteiger charge is 2.44. The molecule has 268 valence electrons. The van der Waals surface area contributed by atoms with Gasteiger partial charge < -0.3 is 34.9 Å². The Bertz CT molecular complexity index is 1060. The van der Waals surface area contributed by atoms with Crippen molar-refractivity contribution in [1.29, 1.82) is 0 Å². The van der Waals surface area contributed by atoms with E-state index in [1.165, 1.54) is 0 Å². The van der Waals surface area contributed by atoms with Gasteiger partial charge in [-0.25, -0.2) is 0 Å². The van der Waals surface area contributed by atoms with Crippen molar-refractivity contribution in [2.24, 2.45) is 29.1 Å². The van der Waals surface area contributed by atoms with E-state index >= 15 is 0 Å². The number of nitrogens with one attached hydrogen (secondary N) is 2. The summed E-state index contributed by atoms with van der Waals surface area (Å²) in [7, 11) is 0. The number of carboxylic acid groups (broad SMARTS) is 2. The van der Waals surface area contributed by atoms with Crippen LogP contribution in [0.2, 0.25) is 0 Å². The molecule has 0 aromatic heterocycles. The molecule has 4 fully saturated rings. The molecule has 47 heavy (non-hydrogen) atoms. The Balaban J connectivity index is 1.08. The molecule has 6 atom stereocenters. The molecule has 4 aliphatic carbocycles. The van der Waals surface area contributed by atoms with Crippen LogP contribution in [-0.2, 0) is 28.7 Å². The first-order valence-corrected chi connectivity index (χ1v) is 17.5. The fourth-order valence-electron chi connectivity index (χ4n) is 7.67. The smallest absolute Gasteiger partial charge is 0.307 e. The number of carbonyl (C=O) groups is 3. The van der Waals surface area contributed by atoms with Crippen molar-refractivity contribution in [3.05, 3.63) is 10.1 Å². The average molecular weight is 670 g/mol. The van der Waals surface area contributed by atoms with E-state index in [1.54, 1.807) is 0 Å². The Morgan fingerprint density at radius 1 is 0.766 bits per heavy atom. The van der Waals surface area contributed by atoms with Gasteiger partial charge in [0.05, 0.1) is 55.9 Å². The number of carbonyl (C=O) groups excluding carboxylic acids is 1. The molecular weight excluding hydrogens is 614 g/mol. The number of rotatable bonds is 15. The molecule has 0 aromatic carbocycles. The summed E-state index contributed by atoms with van der Waals surface area (Å²) in [6, 6.07) is -0.778. The van der Waals surface area contributed by atoms with Gasteiger partial charge in [0.1, 0.15) is 0 Å². The summed E-state index contributed by atoms with van der Waals surface area (Å²) in [5.41, 5.74) is 2.95. The number of carboxylic acids is 2. The second kappa shape index (κ2) is 17.3. The molecule has 0 bridgehead atoms. The van der Waals surface area contributed by atoms with E-state index in [0.29, 0.717) is 45.5 Å². The third-order valence-electron chi connectivity index (χ3n) is 10.7. The first-order valence-electron chi connectivity index (χ1n) is 17.5. The SMILES string of the molecule is CC(C)(COC1CCC(NOCC2CCC(O)CC2C(=O)O)CC1)COC1CCC(NC(=O)C2CC([N+](=O)[O-])CCC2C(=O)O)CC1. The van der Waals surface area contributed by atoms with Gasteiger partial charge in [0.25, 0.3) is 0 Å². The van der Waals surface area contributed by atoms with E-state index in [4.69, 9.17) is 14.3 Å². The molecule has 4 aliphatic rings. The number of amides is 1. The molecule has 5 N–H and O–H groups in total. The molecule has 0 heterocycles. The van der Waals surface area contributed by atoms with Crippen LogP contribution in [0, 0.1) is 39.2 Å². The normalized spacial score (nSPS) is 35.1. The molecule has 0 spiro atoms. The predicted octanol–water partition coefficient (Wildman–Crippen LogP) is 3.31. The molecule has 4 saturated carbocycles. The standard InChI is InChI=1S/C33H55N3O11/c1-33(2,19-46-26-12-6-22(7-13-26)35-47-17-20-3-9-24(37)16-28(20)32(41)42)18-45-25-10-4-21(5-11-25)34-30(38)29-15-23(36(43)44)8-14-27(29)31(39)40/h20-29,35,37H,3-19H2,1-2H3,(H,34,38)(H,39,40)(H,41,42). The lowest BCUT2D eigenvalue weighted by molar-refractivity contribution is -0.528. The van der Waals surface area contributed by atoms with Crippen LogP contribution in [0.4, 0.5) is 0 Å². The zero-order valence-corrected chi connectivity index (χ0v) is 27.8. The summed E-state index contributed by atoms with van der Waals surface area (Å²) in [4.78, 5) is 52.8. The lowest BCUT2D eigenvalue weighted by atomic mass is 9.76. The van der Waals surface area contributed by atoms with E-state index < -0.39 is 52.7 Å². The number of ether oxygens (including phenoxy) is 2. The summed E-state index contributed by atoms with van der Waals surface area (Å²) in [5.74, 6) is -4.79. The fourth-order valence-corrected chi connectivity index (χ4v) is 7.67. The van der Waals surface area contributed by atoms with Gasteiger partial charge in [0.15, 0.2) is 0 Å². The summed E-state index contributed by atoms with van der Waals surface area (Å²) >= 11 is 0. The van der Waals surface area contributed by atoms with Crippen LogP contribution < -0.4 is 10.8 Å². The highest BCUT2D eigenvalue weighted by molar-refractivity contribution is 5.85. The van der Waals surface area contributed by atoms with Crippen LogP contribution in [0.25, 0.3) is 0 Å². The number of hydrogen-bond donors (Lipinski definition) is 5. The maximum Gasteiger partial charge on any atom is 0.307 e. The Morgan fingerprint density at radius 2 is 1.34 bits per heavy atom. The largest absolute Gasteiger partial charge is 0.481 e. The molecule has 0 aromatic rings. The first-order chi connectivity index (χ1) is 22.3. The molecule has 1 amide bonds. The number of nitro groups is 1. The van der Waals surface area contributed by atoms with Crippen LogP contribution in [-0.4, -0.2) is 94.3 Å². The second-order valence-electron chi connectivity index (χ2n) is 15.1. The van der Waals surface area contributed by atoms with Gasteiger partial charge in [-0.2, -0.15) is 5.48 Å². The number of hydroxylamine groups is 1. The third-order valence-corrected chi connectivity index (χ3v) is 10.7. The lowest BCUT2D eigenvalue weighted by Gasteiger charge is -2.35. The minimum Gasteiger partial charge on any atom is -0.481 e. The van der Waals surface area contributed by atoms with E-state index in [9.17, 15) is 39.8 Å². The molecule has 0 aliphatic heterocycles. The van der Waals surface area contributed by atoms with E-state index in [-0.39, 0.29) is 61.3 Å². The Hall–Kier alpha value is -2.39. The maximum atomic E-state index is 13.0. The van der Waals surface area contributed by atoms with Gasteiger partial charge in [0.2, 0.25) is 11.9 Å². The third kappa shape index (κ3) is 11.3. The van der Waals surface area contributed by atoms with Crippen molar-refractivity contribution in [1.82, 2.24) is 10.8 Å². The van der Waals surface area contributed by atoms with E-state index in [0.717, 1.165) is 38.5 Å². The summed E-state index contributed by atoms with van der Waals surface area (Å²) < 4.78 is 12.5. The van der Waals surface area contributed by atoms with Gasteiger partial charge in [-0.3, -0.25) is 24.5 Å². The topological polar surface area (TPSA) is 207 Å². The van der Waals surface area contributed by atoms with Crippen molar-refractivity contribution < 1.29 is 48.9 Å². The van der Waals surface area contributed by atoms with Gasteiger partial charge in [-0.1, -0.05) is 13.8 Å². The number of aliphatic hydroxyl groups is 1. The molecular formula is C33H55N3O11. The second-order valence-corrected chi connectivity index (χ2v) is 15.1. The van der Waals surface area contributed by atoms with Gasteiger partial charge in [-0.05, 0) is 83.0 Å². The van der Waals surface area contributed by atoms with Crippen LogP contribution >= 0.6 is 0 Å². The van der Waals surface area contributed by atoms with Crippen molar-refractivity contribution in [3.63, 3.8) is 0 Å². The van der Waals surface area contributed by atoms with Gasteiger partial charge >= 0.3 is 11.9 Å². The van der Waals surface area contributed by atoms with Crippen LogP contribution in [0.5, 0.6) is 0 Å². The number of nitrogens with zero attached hydrogens (tertiary/aromatic N) is 1. The molecule has 0 radical (unpaired) electrons. The molecule has 14 nitrogen and oxygen atoms in total. The highest BCUT2D eigenvalue weighted by atomic mass is 16.6. The predicted molar refractivity (Wildman–Crippen MR) is 169 cm³/mol. The van der Waals surface area contributed by atoms with Crippen molar-refractivity contribution >= 4 is 17.8 Å². The molecule has 14 heteroatoms. The van der Waals surface area contributed by atoms with Crippen LogP contribution in [0.3, 0.4) is 0 Å². The zero-order chi connectivity index (χ0) is 34.1. The average Bonchev–Trinajstić information content (AvgIpc) is 3.04. The quantitative estimate of drug-likeness (QED) is 0.126. The van der Waals surface area contributed by atoms with E-state index in [1.807, 2.05) is 0 Å². The summed E-state index contributed by atoms with van der Waals surface area (Å²) in [5, 5.41) is 43.1. The van der Waals surface area contributed by atoms with Crippen molar-refractivity contribution in [3.8, 4) is 0 Å². The monoisotopic (exact) mass is 669 g/mol. The minimum absolute atomic E-state index is 0.0396. The molecule has 6 unspecified atom stereocenters. The van der Waals surface area contributed by atoms with Crippen LogP contribution in [0.15, 0.2) is 0 Å². The Morgan fingerprint density at radius 3 is 1.89 bits per heavy atom. The van der Waals surface area contributed by atoms with Crippen molar-refractivity contribution in [2.45, 2.75) is 140 Å². The lowest BCUT2D eigenvalue weighted by Crippen LogP contribution is -2.48. The van der Waals surface area contributed by atoms with Crippen LogP contribution in [0.1, 0.15) is 104 Å². The first kappa shape index (κ1) is 37.4. The number of aliphatic carboxylic acids is 2. The summed E-state index contributed by atoms with van der Waals surface area (Å²) in [6.07, 6.45) is 8.06. The molecule has 0 saturated heterocycles. The zero-order valence-electron chi connectivity index (χ0n) is 27.8. The number of aliphatic hydroxyl groups excluding tert-OH is 1. The highest BCUT2D eigenvalue weighted by Crippen LogP contribution is 2.34.